The fourth-order valence-corrected chi connectivity index (χ4v) is 2.86. The average molecular weight is 484 g/mol. The first-order chi connectivity index (χ1) is 16.7. The first-order valence-corrected chi connectivity index (χ1v) is 10.5. The number of azo groups is 1. The summed E-state index contributed by atoms with van der Waals surface area (Å²) in [6.45, 7) is 0. The number of carbonyl (C=O) groups excluding carboxylic acids is 2. The molecule has 0 aliphatic rings. The van der Waals surface area contributed by atoms with E-state index in [2.05, 4.69) is 20.9 Å². The lowest BCUT2D eigenvalue weighted by atomic mass is 10.1. The molecule has 0 bridgehead atoms. The number of carboxylic acid groups (broad SMARTS) is 3. The molecule has 2 rings (SSSR count). The van der Waals surface area contributed by atoms with Gasteiger partial charge in [0.1, 0.15) is 12.1 Å². The number of hydrogen-bond donors (Lipinski definition) is 5. The van der Waals surface area contributed by atoms with Crippen LogP contribution in [0.3, 0.4) is 0 Å². The largest absolute Gasteiger partial charge is 0.481 e. The molecule has 0 saturated heterocycles. The van der Waals surface area contributed by atoms with Gasteiger partial charge in [-0.1, -0.05) is 18.2 Å². The van der Waals surface area contributed by atoms with Crippen LogP contribution in [0.15, 0.2) is 64.8 Å². The second-order valence-corrected chi connectivity index (χ2v) is 7.38. The highest BCUT2D eigenvalue weighted by molar-refractivity contribution is 5.97. The SMILES string of the molecule is O=C(O)CC[C@H](NC(=O)CC[C@H](NC(=O)c1ccc(N=Nc2ccccc2)cc1)C(=O)O)C(=O)O. The molecule has 35 heavy (non-hydrogen) atoms. The van der Waals surface area contributed by atoms with Crippen LogP contribution >= 0.6 is 0 Å². The van der Waals surface area contributed by atoms with Crippen molar-refractivity contribution in [2.24, 2.45) is 10.2 Å². The topological polar surface area (TPSA) is 195 Å². The van der Waals surface area contributed by atoms with E-state index >= 15 is 0 Å². The maximum absolute atomic E-state index is 12.4. The predicted octanol–water partition coefficient (Wildman–Crippen LogP) is 2.50. The molecule has 184 valence electrons. The van der Waals surface area contributed by atoms with Crippen LogP contribution in [0.1, 0.15) is 36.0 Å². The van der Waals surface area contributed by atoms with Gasteiger partial charge in [0.2, 0.25) is 5.91 Å². The number of hydrogen-bond acceptors (Lipinski definition) is 7. The molecule has 12 heteroatoms. The number of amides is 2. The van der Waals surface area contributed by atoms with Crippen LogP contribution in [0.25, 0.3) is 0 Å². The van der Waals surface area contributed by atoms with Crippen molar-refractivity contribution < 1.29 is 39.3 Å². The van der Waals surface area contributed by atoms with Crippen molar-refractivity contribution in [3.63, 3.8) is 0 Å². The molecule has 0 aromatic heterocycles. The van der Waals surface area contributed by atoms with Crippen molar-refractivity contribution in [1.29, 1.82) is 0 Å². The zero-order valence-corrected chi connectivity index (χ0v) is 18.5. The minimum absolute atomic E-state index is 0.166. The summed E-state index contributed by atoms with van der Waals surface area (Å²) in [5.74, 6) is -5.47. The molecule has 5 N–H and O–H groups in total. The van der Waals surface area contributed by atoms with Crippen molar-refractivity contribution in [3.8, 4) is 0 Å². The second-order valence-electron chi connectivity index (χ2n) is 7.38. The van der Waals surface area contributed by atoms with Gasteiger partial charge < -0.3 is 26.0 Å². The number of nitrogens with one attached hydrogen (secondary N) is 2. The van der Waals surface area contributed by atoms with E-state index in [4.69, 9.17) is 10.2 Å². The molecule has 0 radical (unpaired) electrons. The molecule has 0 heterocycles. The summed E-state index contributed by atoms with van der Waals surface area (Å²) >= 11 is 0. The molecule has 2 aromatic rings. The van der Waals surface area contributed by atoms with Gasteiger partial charge in [-0.05, 0) is 49.2 Å². The van der Waals surface area contributed by atoms with Crippen LogP contribution in [-0.2, 0) is 19.2 Å². The quantitative estimate of drug-likeness (QED) is 0.267. The Balaban J connectivity index is 1.91. The molecule has 0 aliphatic heterocycles. The maximum atomic E-state index is 12.4. The summed E-state index contributed by atoms with van der Waals surface area (Å²) in [7, 11) is 0. The summed E-state index contributed by atoms with van der Waals surface area (Å²) in [6, 6.07) is 12.1. The predicted molar refractivity (Wildman–Crippen MR) is 122 cm³/mol. The van der Waals surface area contributed by atoms with E-state index < -0.39 is 54.6 Å². The van der Waals surface area contributed by atoms with Gasteiger partial charge in [0.15, 0.2) is 0 Å². The molecular weight excluding hydrogens is 460 g/mol. The summed E-state index contributed by atoms with van der Waals surface area (Å²) in [5.41, 5.74) is 1.30. The number of rotatable bonds is 13. The van der Waals surface area contributed by atoms with E-state index in [1.165, 1.54) is 24.3 Å². The van der Waals surface area contributed by atoms with E-state index in [1.54, 1.807) is 12.1 Å². The standard InChI is InChI=1S/C23H24N4O8/c28-19(24-17(22(32)33)11-13-20(29)30)12-10-18(23(34)35)25-21(31)14-6-8-16(9-7-14)27-26-15-4-2-1-3-5-15/h1-9,17-18H,10-13H2,(H,24,28)(H,25,31)(H,29,30)(H,32,33)(H,34,35)/t17-,18-/m0/s1. The Hall–Kier alpha value is -4.61. The zero-order chi connectivity index (χ0) is 25.8. The highest BCUT2D eigenvalue weighted by Crippen LogP contribution is 2.18. The summed E-state index contributed by atoms with van der Waals surface area (Å²) in [6.07, 6.45) is -1.48. The van der Waals surface area contributed by atoms with Gasteiger partial charge in [-0.3, -0.25) is 14.4 Å². The van der Waals surface area contributed by atoms with Crippen LogP contribution < -0.4 is 10.6 Å². The van der Waals surface area contributed by atoms with Crippen molar-refractivity contribution in [3.05, 3.63) is 60.2 Å². The van der Waals surface area contributed by atoms with Gasteiger partial charge in [-0.25, -0.2) is 9.59 Å². The third-order valence-electron chi connectivity index (χ3n) is 4.71. The molecule has 12 nitrogen and oxygen atoms in total. The second kappa shape index (κ2) is 13.2. The molecule has 2 amide bonds. The van der Waals surface area contributed by atoms with E-state index in [0.717, 1.165) is 0 Å². The van der Waals surface area contributed by atoms with Gasteiger partial charge in [0.25, 0.3) is 5.91 Å². The first-order valence-electron chi connectivity index (χ1n) is 10.5. The highest BCUT2D eigenvalue weighted by Gasteiger charge is 2.24. The van der Waals surface area contributed by atoms with Gasteiger partial charge >= 0.3 is 17.9 Å². The van der Waals surface area contributed by atoms with Crippen molar-refractivity contribution in [2.45, 2.75) is 37.8 Å². The molecule has 0 aliphatic carbocycles. The van der Waals surface area contributed by atoms with Crippen molar-refractivity contribution in [2.75, 3.05) is 0 Å². The lowest BCUT2D eigenvalue weighted by Crippen LogP contribution is -2.44. The minimum Gasteiger partial charge on any atom is -0.481 e. The Morgan fingerprint density at radius 3 is 1.74 bits per heavy atom. The van der Waals surface area contributed by atoms with Gasteiger partial charge in [-0.15, -0.1) is 0 Å². The van der Waals surface area contributed by atoms with Gasteiger partial charge in [0.05, 0.1) is 11.4 Å². The minimum atomic E-state index is -1.42. The summed E-state index contributed by atoms with van der Waals surface area (Å²) in [5, 5.41) is 39.7. The van der Waals surface area contributed by atoms with Crippen molar-refractivity contribution >= 4 is 41.1 Å². The fourth-order valence-electron chi connectivity index (χ4n) is 2.86. The smallest absolute Gasteiger partial charge is 0.326 e. The van der Waals surface area contributed by atoms with Crippen LogP contribution in [-0.4, -0.2) is 57.1 Å². The molecule has 0 spiro atoms. The maximum Gasteiger partial charge on any atom is 0.326 e. The monoisotopic (exact) mass is 484 g/mol. The number of aliphatic carboxylic acids is 3. The zero-order valence-electron chi connectivity index (χ0n) is 18.5. The number of carboxylic acids is 3. The Kier molecular flexibility index (Phi) is 10.0. The van der Waals surface area contributed by atoms with E-state index in [0.29, 0.717) is 11.4 Å². The van der Waals surface area contributed by atoms with E-state index in [9.17, 15) is 29.1 Å². The van der Waals surface area contributed by atoms with Crippen LogP contribution in [0, 0.1) is 0 Å². The molecule has 0 fully saturated rings. The Bertz CT molecular complexity index is 1090. The Morgan fingerprint density at radius 1 is 0.686 bits per heavy atom. The van der Waals surface area contributed by atoms with E-state index in [1.807, 2.05) is 18.2 Å². The molecule has 2 aromatic carbocycles. The highest BCUT2D eigenvalue weighted by atomic mass is 16.4. The van der Waals surface area contributed by atoms with Crippen LogP contribution in [0.5, 0.6) is 0 Å². The first kappa shape index (κ1) is 26.6. The molecule has 0 unspecified atom stereocenters. The third kappa shape index (κ3) is 9.42. The number of carbonyl (C=O) groups is 5. The molecule has 0 saturated carbocycles. The fraction of sp³-hybridized carbons (Fsp3) is 0.261. The summed E-state index contributed by atoms with van der Waals surface area (Å²) in [4.78, 5) is 57.8. The third-order valence-corrected chi connectivity index (χ3v) is 4.71. The number of nitrogens with zero attached hydrogens (tertiary/aromatic N) is 2. The number of benzene rings is 2. The average Bonchev–Trinajstić information content (AvgIpc) is 2.83. The normalized spacial score (nSPS) is 12.5. The van der Waals surface area contributed by atoms with Crippen LogP contribution in [0.2, 0.25) is 0 Å². The lowest BCUT2D eigenvalue weighted by Gasteiger charge is -2.16. The van der Waals surface area contributed by atoms with Crippen molar-refractivity contribution in [1.82, 2.24) is 10.6 Å². The summed E-state index contributed by atoms with van der Waals surface area (Å²) < 4.78 is 0. The van der Waals surface area contributed by atoms with Gasteiger partial charge in [0, 0.05) is 18.4 Å². The van der Waals surface area contributed by atoms with Gasteiger partial charge in [-0.2, -0.15) is 10.2 Å². The Labute approximate surface area is 199 Å². The lowest BCUT2D eigenvalue weighted by molar-refractivity contribution is -0.143. The molecule has 2 atom stereocenters. The Morgan fingerprint density at radius 2 is 1.20 bits per heavy atom. The van der Waals surface area contributed by atoms with E-state index in [-0.39, 0.29) is 18.4 Å². The van der Waals surface area contributed by atoms with Crippen LogP contribution in [0.4, 0.5) is 11.4 Å². The molecular formula is C23H24N4O8.